The fraction of sp³-hybridized carbons (Fsp3) is 0.333. The Labute approximate surface area is 59.5 Å². The van der Waals surface area contributed by atoms with E-state index in [0.717, 1.165) is 11.5 Å². The SMILES string of the molecule is NCc1ccc(CS)o1. The van der Waals surface area contributed by atoms with Gasteiger partial charge in [0.2, 0.25) is 0 Å². The standard InChI is InChI=1S/C6H9NOS/c7-3-5-1-2-6(4-9)8-5/h1-2,9H,3-4,7H2. The monoisotopic (exact) mass is 143 g/mol. The largest absolute Gasteiger partial charge is 0.464 e. The van der Waals surface area contributed by atoms with Gasteiger partial charge in [-0.05, 0) is 12.1 Å². The van der Waals surface area contributed by atoms with Gasteiger partial charge >= 0.3 is 0 Å². The summed E-state index contributed by atoms with van der Waals surface area (Å²) in [6.45, 7) is 0.466. The Morgan fingerprint density at radius 1 is 1.44 bits per heavy atom. The average Bonchev–Trinajstić information content (AvgIpc) is 2.34. The summed E-state index contributed by atoms with van der Waals surface area (Å²) in [5, 5.41) is 0. The molecule has 3 heteroatoms. The van der Waals surface area contributed by atoms with Gasteiger partial charge in [-0.25, -0.2) is 0 Å². The molecule has 0 amide bonds. The van der Waals surface area contributed by atoms with Crippen molar-refractivity contribution in [2.75, 3.05) is 0 Å². The second-order valence-electron chi connectivity index (χ2n) is 1.73. The molecule has 0 aliphatic carbocycles. The van der Waals surface area contributed by atoms with Crippen LogP contribution in [0.4, 0.5) is 0 Å². The van der Waals surface area contributed by atoms with Crippen molar-refractivity contribution in [2.24, 2.45) is 5.73 Å². The molecule has 0 saturated carbocycles. The number of hydrogen-bond donors (Lipinski definition) is 2. The predicted octanol–water partition coefficient (Wildman–Crippen LogP) is 1.17. The third-order valence-corrected chi connectivity index (χ3v) is 1.39. The quantitative estimate of drug-likeness (QED) is 0.610. The van der Waals surface area contributed by atoms with Crippen LogP contribution in [0.5, 0.6) is 0 Å². The Morgan fingerprint density at radius 2 is 2.11 bits per heavy atom. The van der Waals surface area contributed by atoms with E-state index >= 15 is 0 Å². The van der Waals surface area contributed by atoms with Crippen LogP contribution in [0.1, 0.15) is 11.5 Å². The molecule has 2 nitrogen and oxygen atoms in total. The molecule has 2 N–H and O–H groups in total. The van der Waals surface area contributed by atoms with E-state index in [9.17, 15) is 0 Å². The molecule has 0 fully saturated rings. The van der Waals surface area contributed by atoms with Crippen molar-refractivity contribution >= 4 is 12.6 Å². The lowest BCUT2D eigenvalue weighted by molar-refractivity contribution is 0.483. The first-order valence-electron chi connectivity index (χ1n) is 2.75. The van der Waals surface area contributed by atoms with Gasteiger partial charge in [0, 0.05) is 5.75 Å². The fourth-order valence-corrected chi connectivity index (χ4v) is 0.787. The molecule has 0 aromatic carbocycles. The lowest BCUT2D eigenvalue weighted by atomic mass is 10.4. The zero-order chi connectivity index (χ0) is 6.69. The van der Waals surface area contributed by atoms with Crippen molar-refractivity contribution < 1.29 is 4.42 Å². The molecular weight excluding hydrogens is 134 g/mol. The number of hydrogen-bond acceptors (Lipinski definition) is 3. The van der Waals surface area contributed by atoms with Crippen molar-refractivity contribution in [1.29, 1.82) is 0 Å². The van der Waals surface area contributed by atoms with Gasteiger partial charge in [-0.2, -0.15) is 12.6 Å². The van der Waals surface area contributed by atoms with E-state index in [1.165, 1.54) is 0 Å². The number of nitrogens with two attached hydrogens (primary N) is 1. The Bertz CT molecular complexity index is 166. The highest BCUT2D eigenvalue weighted by Gasteiger charge is 1.95. The summed E-state index contributed by atoms with van der Waals surface area (Å²) < 4.78 is 5.18. The zero-order valence-electron chi connectivity index (χ0n) is 5.00. The first-order valence-corrected chi connectivity index (χ1v) is 3.38. The van der Waals surface area contributed by atoms with Gasteiger partial charge < -0.3 is 10.2 Å². The van der Waals surface area contributed by atoms with Crippen LogP contribution in [-0.2, 0) is 12.3 Å². The van der Waals surface area contributed by atoms with Crippen LogP contribution in [0, 0.1) is 0 Å². The molecule has 0 bridgehead atoms. The number of furan rings is 1. The van der Waals surface area contributed by atoms with E-state index in [4.69, 9.17) is 10.2 Å². The molecule has 1 heterocycles. The second kappa shape index (κ2) is 2.94. The maximum Gasteiger partial charge on any atom is 0.117 e. The minimum Gasteiger partial charge on any atom is -0.464 e. The summed E-state index contributed by atoms with van der Waals surface area (Å²) >= 11 is 4.03. The molecule has 1 aromatic heterocycles. The summed E-state index contributed by atoms with van der Waals surface area (Å²) in [5.74, 6) is 2.33. The number of rotatable bonds is 2. The van der Waals surface area contributed by atoms with E-state index < -0.39 is 0 Å². The Hall–Kier alpha value is -0.410. The van der Waals surface area contributed by atoms with Crippen LogP contribution in [0.2, 0.25) is 0 Å². The molecule has 0 unspecified atom stereocenters. The summed E-state index contributed by atoms with van der Waals surface area (Å²) in [4.78, 5) is 0. The van der Waals surface area contributed by atoms with Gasteiger partial charge in [-0.15, -0.1) is 0 Å². The predicted molar refractivity (Wildman–Crippen MR) is 39.3 cm³/mol. The normalized spacial score (nSPS) is 10.0. The van der Waals surface area contributed by atoms with Crippen LogP contribution in [0.25, 0.3) is 0 Å². The summed E-state index contributed by atoms with van der Waals surface area (Å²) in [6.07, 6.45) is 0. The Morgan fingerprint density at radius 3 is 2.44 bits per heavy atom. The van der Waals surface area contributed by atoms with Gasteiger partial charge in [-0.1, -0.05) is 0 Å². The number of thiol groups is 1. The summed E-state index contributed by atoms with van der Waals surface area (Å²) in [7, 11) is 0. The molecule has 50 valence electrons. The lowest BCUT2D eigenvalue weighted by Gasteiger charge is -1.86. The van der Waals surface area contributed by atoms with Crippen LogP contribution >= 0.6 is 12.6 Å². The van der Waals surface area contributed by atoms with Crippen LogP contribution in [-0.4, -0.2) is 0 Å². The molecule has 1 rings (SSSR count). The Balaban J connectivity index is 2.74. The van der Waals surface area contributed by atoms with Gasteiger partial charge in [-0.3, -0.25) is 0 Å². The second-order valence-corrected chi connectivity index (χ2v) is 2.05. The van der Waals surface area contributed by atoms with E-state index in [1.807, 2.05) is 12.1 Å². The van der Waals surface area contributed by atoms with Crippen LogP contribution in [0.15, 0.2) is 16.5 Å². The molecule has 0 aliphatic heterocycles. The topological polar surface area (TPSA) is 39.2 Å². The zero-order valence-corrected chi connectivity index (χ0v) is 5.90. The minimum atomic E-state index is 0.466. The van der Waals surface area contributed by atoms with E-state index in [1.54, 1.807) is 0 Å². The fourth-order valence-electron chi connectivity index (χ4n) is 0.617. The van der Waals surface area contributed by atoms with Gasteiger partial charge in [0.15, 0.2) is 0 Å². The highest BCUT2D eigenvalue weighted by Crippen LogP contribution is 2.08. The van der Waals surface area contributed by atoms with Gasteiger partial charge in [0.05, 0.1) is 6.54 Å². The lowest BCUT2D eigenvalue weighted by Crippen LogP contribution is -1.92. The summed E-state index contributed by atoms with van der Waals surface area (Å²) in [5.41, 5.74) is 5.30. The van der Waals surface area contributed by atoms with Crippen LogP contribution < -0.4 is 5.73 Å². The Kier molecular flexibility index (Phi) is 2.19. The highest BCUT2D eigenvalue weighted by atomic mass is 32.1. The maximum absolute atomic E-state index is 5.30. The third-order valence-electron chi connectivity index (χ3n) is 1.07. The minimum absolute atomic E-state index is 0.466. The first kappa shape index (κ1) is 6.71. The first-order chi connectivity index (χ1) is 4.36. The molecule has 0 spiro atoms. The van der Waals surface area contributed by atoms with Crippen molar-refractivity contribution in [3.8, 4) is 0 Å². The van der Waals surface area contributed by atoms with E-state index in [0.29, 0.717) is 12.3 Å². The average molecular weight is 143 g/mol. The smallest absolute Gasteiger partial charge is 0.117 e. The van der Waals surface area contributed by atoms with Gasteiger partial charge in [0.1, 0.15) is 11.5 Å². The molecular formula is C6H9NOS. The molecule has 9 heavy (non-hydrogen) atoms. The van der Waals surface area contributed by atoms with Crippen LogP contribution in [0.3, 0.4) is 0 Å². The van der Waals surface area contributed by atoms with E-state index in [2.05, 4.69) is 12.6 Å². The third kappa shape index (κ3) is 1.50. The molecule has 0 saturated heterocycles. The molecule has 0 atom stereocenters. The van der Waals surface area contributed by atoms with Crippen molar-refractivity contribution in [3.05, 3.63) is 23.7 Å². The highest BCUT2D eigenvalue weighted by molar-refractivity contribution is 7.79. The molecule has 0 aliphatic rings. The van der Waals surface area contributed by atoms with Gasteiger partial charge in [0.25, 0.3) is 0 Å². The molecule has 0 radical (unpaired) electrons. The molecule has 1 aromatic rings. The van der Waals surface area contributed by atoms with Crippen molar-refractivity contribution in [1.82, 2.24) is 0 Å². The summed E-state index contributed by atoms with van der Waals surface area (Å²) in [6, 6.07) is 3.75. The van der Waals surface area contributed by atoms with Crippen molar-refractivity contribution in [2.45, 2.75) is 12.3 Å². The van der Waals surface area contributed by atoms with Crippen molar-refractivity contribution in [3.63, 3.8) is 0 Å². The maximum atomic E-state index is 5.30. The van der Waals surface area contributed by atoms with E-state index in [-0.39, 0.29) is 0 Å².